The van der Waals surface area contributed by atoms with Crippen molar-refractivity contribution in [2.24, 2.45) is 5.73 Å². The number of nitrogens with zero attached hydrogens (tertiary/aromatic N) is 1. The molecule has 1 heterocycles. The fourth-order valence-electron chi connectivity index (χ4n) is 2.19. The second-order valence-electron chi connectivity index (χ2n) is 5.06. The molecule has 2 N–H and O–H groups in total. The molecule has 1 saturated carbocycles. The third-order valence-corrected chi connectivity index (χ3v) is 4.49. The third kappa shape index (κ3) is 2.47. The normalized spacial score (nSPS) is 15.0. The molecule has 1 aromatic heterocycles. The second-order valence-corrected chi connectivity index (χ2v) is 6.22. The van der Waals surface area contributed by atoms with Crippen LogP contribution in [0.2, 0.25) is 0 Å². The fourth-order valence-corrected chi connectivity index (χ4v) is 3.26. The topological polar surface area (TPSA) is 38.9 Å². The Kier molecular flexibility index (Phi) is 3.18. The molecule has 0 atom stereocenters. The lowest BCUT2D eigenvalue weighted by molar-refractivity contribution is 0.959. The predicted octanol–water partition coefficient (Wildman–Crippen LogP) is 3.38. The van der Waals surface area contributed by atoms with Crippen molar-refractivity contribution in [3.05, 3.63) is 51.0 Å². The molecule has 0 amide bonds. The van der Waals surface area contributed by atoms with Crippen LogP contribution in [0.1, 0.15) is 45.5 Å². The highest BCUT2D eigenvalue weighted by Crippen LogP contribution is 2.42. The minimum absolute atomic E-state index is 0.636. The van der Waals surface area contributed by atoms with Crippen LogP contribution in [0.15, 0.2) is 24.3 Å². The van der Waals surface area contributed by atoms with Crippen molar-refractivity contribution in [2.75, 3.05) is 0 Å². The summed E-state index contributed by atoms with van der Waals surface area (Å²) < 4.78 is 0. The lowest BCUT2D eigenvalue weighted by Crippen LogP contribution is -1.96. The molecule has 2 nitrogen and oxygen atoms in total. The van der Waals surface area contributed by atoms with Gasteiger partial charge in [0.2, 0.25) is 0 Å². The van der Waals surface area contributed by atoms with E-state index in [2.05, 4.69) is 31.2 Å². The van der Waals surface area contributed by atoms with E-state index < -0.39 is 0 Å². The molecule has 1 aliphatic carbocycles. The van der Waals surface area contributed by atoms with E-state index in [-0.39, 0.29) is 0 Å². The Hall–Kier alpha value is -1.19. The van der Waals surface area contributed by atoms with Crippen LogP contribution in [0.3, 0.4) is 0 Å². The molecule has 94 valence electrons. The van der Waals surface area contributed by atoms with Gasteiger partial charge in [-0.25, -0.2) is 4.98 Å². The SMILES string of the molecule is Cc1ccc(Cc2nc(C3CC3)c(CN)s2)cc1. The van der Waals surface area contributed by atoms with Crippen LogP contribution in [0.5, 0.6) is 0 Å². The summed E-state index contributed by atoms with van der Waals surface area (Å²) in [5.74, 6) is 0.701. The lowest BCUT2D eigenvalue weighted by Gasteiger charge is -1.98. The first-order chi connectivity index (χ1) is 8.76. The van der Waals surface area contributed by atoms with Crippen molar-refractivity contribution in [3.8, 4) is 0 Å². The van der Waals surface area contributed by atoms with Gasteiger partial charge in [0, 0.05) is 23.8 Å². The van der Waals surface area contributed by atoms with E-state index in [1.54, 1.807) is 11.3 Å². The number of aromatic nitrogens is 1. The van der Waals surface area contributed by atoms with Gasteiger partial charge in [0.05, 0.1) is 10.7 Å². The van der Waals surface area contributed by atoms with Crippen LogP contribution in [-0.2, 0) is 13.0 Å². The molecule has 3 heteroatoms. The number of nitrogens with two attached hydrogens (primary N) is 1. The van der Waals surface area contributed by atoms with E-state index in [1.807, 2.05) is 0 Å². The van der Waals surface area contributed by atoms with E-state index in [1.165, 1.54) is 39.5 Å². The molecule has 1 fully saturated rings. The summed E-state index contributed by atoms with van der Waals surface area (Å²) in [6.07, 6.45) is 3.52. The molecule has 0 spiro atoms. The van der Waals surface area contributed by atoms with Crippen LogP contribution in [0.25, 0.3) is 0 Å². The maximum atomic E-state index is 5.81. The number of thiazole rings is 1. The molecule has 0 saturated heterocycles. The van der Waals surface area contributed by atoms with Crippen LogP contribution >= 0.6 is 11.3 Å². The Balaban J connectivity index is 1.81. The maximum Gasteiger partial charge on any atom is 0.0975 e. The molecular weight excluding hydrogens is 240 g/mol. The first-order valence-electron chi connectivity index (χ1n) is 6.50. The highest BCUT2D eigenvalue weighted by Gasteiger charge is 2.29. The highest BCUT2D eigenvalue weighted by molar-refractivity contribution is 7.11. The van der Waals surface area contributed by atoms with Crippen molar-refractivity contribution in [1.82, 2.24) is 4.98 Å². The first kappa shape index (κ1) is 11.9. The van der Waals surface area contributed by atoms with E-state index in [9.17, 15) is 0 Å². The van der Waals surface area contributed by atoms with Crippen molar-refractivity contribution in [2.45, 2.75) is 38.6 Å². The van der Waals surface area contributed by atoms with E-state index in [0.717, 1.165) is 6.42 Å². The predicted molar refractivity (Wildman–Crippen MR) is 76.0 cm³/mol. The molecule has 0 radical (unpaired) electrons. The zero-order valence-corrected chi connectivity index (χ0v) is 11.5. The number of hydrogen-bond acceptors (Lipinski definition) is 3. The second kappa shape index (κ2) is 4.82. The van der Waals surface area contributed by atoms with Crippen LogP contribution in [0.4, 0.5) is 0 Å². The maximum absolute atomic E-state index is 5.81. The van der Waals surface area contributed by atoms with Crippen molar-refractivity contribution < 1.29 is 0 Å². The van der Waals surface area contributed by atoms with Gasteiger partial charge in [-0.2, -0.15) is 0 Å². The van der Waals surface area contributed by atoms with Gasteiger partial charge in [0.15, 0.2) is 0 Å². The van der Waals surface area contributed by atoms with Gasteiger partial charge in [-0.05, 0) is 25.3 Å². The number of aryl methyl sites for hydroxylation is 1. The van der Waals surface area contributed by atoms with E-state index in [4.69, 9.17) is 10.7 Å². The minimum Gasteiger partial charge on any atom is -0.326 e. The first-order valence-corrected chi connectivity index (χ1v) is 7.32. The Labute approximate surface area is 112 Å². The standard InChI is InChI=1S/C15H18N2S/c1-10-2-4-11(5-3-10)8-14-17-15(12-6-7-12)13(9-16)18-14/h2-5,12H,6-9,16H2,1H3. The van der Waals surface area contributed by atoms with Gasteiger partial charge >= 0.3 is 0 Å². The Morgan fingerprint density at radius 3 is 2.61 bits per heavy atom. The molecule has 3 rings (SSSR count). The van der Waals surface area contributed by atoms with E-state index >= 15 is 0 Å². The van der Waals surface area contributed by atoms with Crippen LogP contribution in [-0.4, -0.2) is 4.98 Å². The van der Waals surface area contributed by atoms with Crippen LogP contribution < -0.4 is 5.73 Å². The largest absolute Gasteiger partial charge is 0.326 e. The van der Waals surface area contributed by atoms with Gasteiger partial charge < -0.3 is 5.73 Å². The van der Waals surface area contributed by atoms with Gasteiger partial charge in [0.25, 0.3) is 0 Å². The van der Waals surface area contributed by atoms with Crippen LogP contribution in [0, 0.1) is 6.92 Å². The summed E-state index contributed by atoms with van der Waals surface area (Å²) in [5.41, 5.74) is 9.73. The molecular formula is C15H18N2S. The molecule has 0 aliphatic heterocycles. The average Bonchev–Trinajstić information content (AvgIpc) is 3.14. The third-order valence-electron chi connectivity index (χ3n) is 3.40. The molecule has 1 aliphatic rings. The zero-order valence-electron chi connectivity index (χ0n) is 10.6. The number of hydrogen-bond donors (Lipinski definition) is 1. The molecule has 1 aromatic carbocycles. The molecule has 18 heavy (non-hydrogen) atoms. The summed E-state index contributed by atoms with van der Waals surface area (Å²) in [7, 11) is 0. The summed E-state index contributed by atoms with van der Waals surface area (Å²) >= 11 is 1.79. The average molecular weight is 258 g/mol. The van der Waals surface area contributed by atoms with Gasteiger partial charge in [-0.3, -0.25) is 0 Å². The van der Waals surface area contributed by atoms with Gasteiger partial charge in [0.1, 0.15) is 0 Å². The smallest absolute Gasteiger partial charge is 0.0975 e. The molecule has 2 aromatic rings. The quantitative estimate of drug-likeness (QED) is 0.913. The number of benzene rings is 1. The van der Waals surface area contributed by atoms with Crippen molar-refractivity contribution in [3.63, 3.8) is 0 Å². The highest BCUT2D eigenvalue weighted by atomic mass is 32.1. The van der Waals surface area contributed by atoms with Crippen molar-refractivity contribution >= 4 is 11.3 Å². The Bertz CT molecular complexity index is 538. The van der Waals surface area contributed by atoms with Crippen molar-refractivity contribution in [1.29, 1.82) is 0 Å². The molecule has 0 unspecified atom stereocenters. The minimum atomic E-state index is 0.636. The van der Waals surface area contributed by atoms with Gasteiger partial charge in [-0.15, -0.1) is 11.3 Å². The van der Waals surface area contributed by atoms with E-state index in [0.29, 0.717) is 12.5 Å². The fraction of sp³-hybridized carbons (Fsp3) is 0.400. The van der Waals surface area contributed by atoms with Gasteiger partial charge in [-0.1, -0.05) is 29.8 Å². The summed E-state index contributed by atoms with van der Waals surface area (Å²) in [6, 6.07) is 8.70. The summed E-state index contributed by atoms with van der Waals surface area (Å²) in [5, 5.41) is 1.21. The summed E-state index contributed by atoms with van der Waals surface area (Å²) in [6.45, 7) is 2.75. The number of rotatable bonds is 4. The summed E-state index contributed by atoms with van der Waals surface area (Å²) in [4.78, 5) is 6.09. The Morgan fingerprint density at radius 2 is 2.00 bits per heavy atom. The lowest BCUT2D eigenvalue weighted by atomic mass is 10.1. The monoisotopic (exact) mass is 258 g/mol. The molecule has 0 bridgehead atoms. The Morgan fingerprint density at radius 1 is 1.28 bits per heavy atom. The zero-order chi connectivity index (χ0) is 12.5.